The van der Waals surface area contributed by atoms with Crippen LogP contribution < -0.4 is 0 Å². The number of aliphatic hydroxyl groups excluding tert-OH is 1. The summed E-state index contributed by atoms with van der Waals surface area (Å²) in [6.45, 7) is 0. The van der Waals surface area contributed by atoms with Gasteiger partial charge < -0.3 is 20.4 Å². The van der Waals surface area contributed by atoms with Crippen molar-refractivity contribution in [3.63, 3.8) is 0 Å². The second-order valence-electron chi connectivity index (χ2n) is 2.99. The molecule has 2 atom stereocenters. The number of aliphatic carboxylic acids is 3. The van der Waals surface area contributed by atoms with Crippen molar-refractivity contribution in [2.45, 2.75) is 24.2 Å². The van der Waals surface area contributed by atoms with Crippen molar-refractivity contribution in [1.82, 2.24) is 0 Å². The first-order chi connectivity index (χ1) is 7.84. The molecule has 0 aliphatic carbocycles. The monoisotopic (exact) mass is 284 g/mol. The van der Waals surface area contributed by atoms with Crippen molar-refractivity contribution in [3.05, 3.63) is 0 Å². The summed E-state index contributed by atoms with van der Waals surface area (Å²) in [6.07, 6.45) is -2.01. The van der Waals surface area contributed by atoms with Crippen LogP contribution in [0.4, 0.5) is 0 Å². The Balaban J connectivity index is 3.87. The molecule has 0 rings (SSSR count). The average molecular weight is 284 g/mol. The first-order valence-corrected chi connectivity index (χ1v) is 6.86. The number of carboxylic acid groups (broad SMARTS) is 3. The highest BCUT2D eigenvalue weighted by atomic mass is 33.1. The predicted molar refractivity (Wildman–Crippen MR) is 62.0 cm³/mol. The van der Waals surface area contributed by atoms with Crippen LogP contribution >= 0.6 is 21.6 Å². The van der Waals surface area contributed by atoms with Crippen LogP contribution in [0.15, 0.2) is 0 Å². The Bertz CT molecular complexity index is 294. The van der Waals surface area contributed by atoms with Gasteiger partial charge in [0.1, 0.15) is 5.25 Å². The molecule has 0 saturated carbocycles. The Labute approximate surface area is 105 Å². The minimum absolute atomic E-state index is 0.0214. The lowest BCUT2D eigenvalue weighted by molar-refractivity contribution is -0.146. The molecule has 0 aliphatic rings. The Morgan fingerprint density at radius 3 is 2.06 bits per heavy atom. The first-order valence-electron chi connectivity index (χ1n) is 4.48. The Kier molecular flexibility index (Phi) is 7.75. The van der Waals surface area contributed by atoms with E-state index in [1.54, 1.807) is 0 Å². The third-order valence-corrected chi connectivity index (χ3v) is 4.32. The molecule has 0 spiro atoms. The lowest BCUT2D eigenvalue weighted by Gasteiger charge is -2.09. The van der Waals surface area contributed by atoms with E-state index in [0.717, 1.165) is 21.6 Å². The fourth-order valence-corrected chi connectivity index (χ4v) is 3.13. The van der Waals surface area contributed by atoms with E-state index in [9.17, 15) is 14.4 Å². The summed E-state index contributed by atoms with van der Waals surface area (Å²) < 4.78 is 0. The molecule has 0 amide bonds. The first kappa shape index (κ1) is 16.1. The predicted octanol–water partition coefficient (Wildman–Crippen LogP) is 0.131. The molecule has 0 fully saturated rings. The number of carboxylic acids is 3. The van der Waals surface area contributed by atoms with Crippen LogP contribution in [0.25, 0.3) is 0 Å². The molecule has 0 saturated heterocycles. The highest BCUT2D eigenvalue weighted by molar-refractivity contribution is 8.77. The maximum atomic E-state index is 10.6. The van der Waals surface area contributed by atoms with Gasteiger partial charge in [0.05, 0.1) is 6.42 Å². The number of hydrogen-bond donors (Lipinski definition) is 4. The fraction of sp³-hybridized carbons (Fsp3) is 0.625. The van der Waals surface area contributed by atoms with Crippen molar-refractivity contribution in [2.75, 3.05) is 5.75 Å². The number of aliphatic hydroxyl groups is 1. The summed E-state index contributed by atoms with van der Waals surface area (Å²) in [6, 6.07) is 0. The highest BCUT2D eigenvalue weighted by Gasteiger charge is 2.22. The maximum Gasteiger partial charge on any atom is 0.332 e. The van der Waals surface area contributed by atoms with Gasteiger partial charge in [0.15, 0.2) is 6.10 Å². The van der Waals surface area contributed by atoms with Gasteiger partial charge in [0, 0.05) is 5.75 Å². The van der Waals surface area contributed by atoms with E-state index < -0.39 is 35.7 Å². The van der Waals surface area contributed by atoms with E-state index >= 15 is 0 Å². The molecule has 17 heavy (non-hydrogen) atoms. The lowest BCUT2D eigenvalue weighted by Crippen LogP contribution is -2.21. The van der Waals surface area contributed by atoms with Gasteiger partial charge in [-0.3, -0.25) is 9.59 Å². The average Bonchev–Trinajstić information content (AvgIpc) is 2.21. The summed E-state index contributed by atoms with van der Waals surface area (Å²) in [4.78, 5) is 31.2. The third kappa shape index (κ3) is 7.88. The van der Waals surface area contributed by atoms with E-state index in [1.807, 2.05) is 0 Å². The van der Waals surface area contributed by atoms with Gasteiger partial charge in [-0.15, -0.1) is 0 Å². The Morgan fingerprint density at radius 1 is 1.06 bits per heavy atom. The molecule has 98 valence electrons. The molecule has 0 bridgehead atoms. The smallest absolute Gasteiger partial charge is 0.332 e. The van der Waals surface area contributed by atoms with Crippen molar-refractivity contribution in [3.8, 4) is 0 Å². The number of hydrogen-bond acceptors (Lipinski definition) is 6. The molecule has 0 aromatic rings. The zero-order valence-corrected chi connectivity index (χ0v) is 10.2. The van der Waals surface area contributed by atoms with Gasteiger partial charge in [0.25, 0.3) is 0 Å². The van der Waals surface area contributed by atoms with Crippen LogP contribution in [0.1, 0.15) is 12.8 Å². The minimum atomic E-state index is -1.48. The van der Waals surface area contributed by atoms with Gasteiger partial charge in [-0.05, 0) is 6.42 Å². The molecule has 0 radical (unpaired) electrons. The lowest BCUT2D eigenvalue weighted by atomic mass is 10.3. The molecule has 0 heterocycles. The van der Waals surface area contributed by atoms with Crippen LogP contribution in [-0.4, -0.2) is 55.4 Å². The van der Waals surface area contributed by atoms with Crippen LogP contribution in [0.5, 0.6) is 0 Å². The van der Waals surface area contributed by atoms with Gasteiger partial charge >= 0.3 is 17.9 Å². The number of rotatable bonds is 9. The van der Waals surface area contributed by atoms with Crippen LogP contribution in [0.3, 0.4) is 0 Å². The van der Waals surface area contributed by atoms with Crippen LogP contribution in [0.2, 0.25) is 0 Å². The molecule has 9 heteroatoms. The summed E-state index contributed by atoms with van der Waals surface area (Å²) in [5, 5.41) is 33.3. The van der Waals surface area contributed by atoms with Gasteiger partial charge in [-0.1, -0.05) is 21.6 Å². The zero-order chi connectivity index (χ0) is 13.4. The molecule has 7 nitrogen and oxygen atoms in total. The summed E-state index contributed by atoms with van der Waals surface area (Å²) in [5.74, 6) is -3.56. The van der Waals surface area contributed by atoms with Crippen LogP contribution in [-0.2, 0) is 14.4 Å². The zero-order valence-electron chi connectivity index (χ0n) is 8.61. The summed E-state index contributed by atoms with van der Waals surface area (Å²) in [5.41, 5.74) is 0. The minimum Gasteiger partial charge on any atom is -0.481 e. The largest absolute Gasteiger partial charge is 0.481 e. The quantitative estimate of drug-likeness (QED) is 0.344. The second-order valence-corrected chi connectivity index (χ2v) is 5.68. The standard InChI is InChI=1S/C8H12O7S2/c9-4(7(12)13)1-2-16-17-5(8(14)15)3-6(10)11/h4-5,9H,1-3H2,(H,10,11)(H,12,13)(H,14,15). The van der Waals surface area contributed by atoms with E-state index in [2.05, 4.69) is 0 Å². The Morgan fingerprint density at radius 2 is 1.65 bits per heavy atom. The second kappa shape index (κ2) is 8.20. The molecular formula is C8H12O7S2. The summed E-state index contributed by atoms with van der Waals surface area (Å²) >= 11 is 0. The van der Waals surface area contributed by atoms with Crippen molar-refractivity contribution >= 4 is 39.5 Å². The highest BCUT2D eigenvalue weighted by Crippen LogP contribution is 2.29. The topological polar surface area (TPSA) is 132 Å². The van der Waals surface area contributed by atoms with Gasteiger partial charge in [-0.25, -0.2) is 4.79 Å². The fourth-order valence-electron chi connectivity index (χ4n) is 0.735. The van der Waals surface area contributed by atoms with Crippen LogP contribution in [0, 0.1) is 0 Å². The molecule has 0 aromatic heterocycles. The van der Waals surface area contributed by atoms with Gasteiger partial charge in [-0.2, -0.15) is 0 Å². The summed E-state index contributed by atoms with van der Waals surface area (Å²) in [7, 11) is 1.87. The van der Waals surface area contributed by atoms with E-state index in [-0.39, 0.29) is 12.2 Å². The molecule has 0 aromatic carbocycles. The molecule has 0 aliphatic heterocycles. The van der Waals surface area contributed by atoms with Crippen molar-refractivity contribution in [1.29, 1.82) is 0 Å². The normalized spacial score (nSPS) is 13.9. The van der Waals surface area contributed by atoms with Crippen molar-refractivity contribution in [2.24, 2.45) is 0 Å². The maximum absolute atomic E-state index is 10.6. The van der Waals surface area contributed by atoms with Gasteiger partial charge in [0.2, 0.25) is 0 Å². The third-order valence-electron chi connectivity index (χ3n) is 1.58. The number of carbonyl (C=O) groups is 3. The SMILES string of the molecule is O=C(O)CC(SSCCC(O)C(=O)O)C(=O)O. The van der Waals surface area contributed by atoms with E-state index in [1.165, 1.54) is 0 Å². The Hall–Kier alpha value is -0.930. The van der Waals surface area contributed by atoms with E-state index in [4.69, 9.17) is 20.4 Å². The van der Waals surface area contributed by atoms with Crippen molar-refractivity contribution < 1.29 is 34.8 Å². The molecular weight excluding hydrogens is 272 g/mol. The van der Waals surface area contributed by atoms with E-state index in [0.29, 0.717) is 0 Å². The molecule has 4 N–H and O–H groups in total. The molecule has 2 unspecified atom stereocenters.